The Labute approximate surface area is 241 Å². The summed E-state index contributed by atoms with van der Waals surface area (Å²) >= 11 is 6.36. The highest BCUT2D eigenvalue weighted by molar-refractivity contribution is 6.30. The molecule has 206 valence electrons. The quantitative estimate of drug-likeness (QED) is 0.195. The second-order valence-corrected chi connectivity index (χ2v) is 10.2. The molecule has 3 aromatic carbocycles. The first-order valence-corrected chi connectivity index (χ1v) is 13.6. The fraction of sp³-hybridized carbons (Fsp3) is 0.194. The van der Waals surface area contributed by atoms with Crippen molar-refractivity contribution in [1.82, 2.24) is 25.3 Å². The molecule has 0 bridgehead atoms. The van der Waals surface area contributed by atoms with Crippen LogP contribution in [-0.2, 0) is 27.4 Å². The van der Waals surface area contributed by atoms with Gasteiger partial charge in [0.1, 0.15) is 30.1 Å². The summed E-state index contributed by atoms with van der Waals surface area (Å²) in [5, 5.41) is 12.1. The van der Waals surface area contributed by atoms with Crippen molar-refractivity contribution in [2.24, 2.45) is 0 Å². The molecule has 1 amide bonds. The van der Waals surface area contributed by atoms with Crippen LogP contribution in [0.1, 0.15) is 35.2 Å². The number of hydrogen-bond acceptors (Lipinski definition) is 7. The van der Waals surface area contributed by atoms with E-state index in [2.05, 4.69) is 32.7 Å². The Morgan fingerprint density at radius 1 is 0.976 bits per heavy atom. The third-order valence-electron chi connectivity index (χ3n) is 7.06. The smallest absolute Gasteiger partial charge is 0.407 e. The minimum atomic E-state index is -0.914. The third kappa shape index (κ3) is 5.62. The second kappa shape index (κ2) is 11.4. The summed E-state index contributed by atoms with van der Waals surface area (Å²) in [6, 6.07) is 24.9. The van der Waals surface area contributed by atoms with Gasteiger partial charge in [0.2, 0.25) is 0 Å². The van der Waals surface area contributed by atoms with Crippen LogP contribution in [0.4, 0.5) is 4.79 Å². The topological polar surface area (TPSA) is 108 Å². The average Bonchev–Trinajstić information content (AvgIpc) is 3.57. The van der Waals surface area contributed by atoms with E-state index in [1.165, 1.54) is 6.92 Å². The van der Waals surface area contributed by atoms with Crippen LogP contribution in [0.3, 0.4) is 0 Å². The van der Waals surface area contributed by atoms with E-state index in [1.54, 1.807) is 10.9 Å². The van der Waals surface area contributed by atoms with Gasteiger partial charge in [-0.15, -0.1) is 5.10 Å². The van der Waals surface area contributed by atoms with Gasteiger partial charge in [-0.3, -0.25) is 0 Å². The summed E-state index contributed by atoms with van der Waals surface area (Å²) < 4.78 is 12.5. The summed E-state index contributed by atoms with van der Waals surface area (Å²) in [4.78, 5) is 29.5. The maximum absolute atomic E-state index is 12.5. The summed E-state index contributed by atoms with van der Waals surface area (Å²) in [6.45, 7) is 1.95. The number of carbonyl (C=O) groups excluding carboxylic acids is 2. The molecule has 6 rings (SSSR count). The highest BCUT2D eigenvalue weighted by atomic mass is 35.5. The molecular formula is C31H26ClN5O4. The zero-order valence-electron chi connectivity index (χ0n) is 22.2. The molecule has 1 unspecified atom stereocenters. The van der Waals surface area contributed by atoms with Crippen molar-refractivity contribution in [3.05, 3.63) is 113 Å². The van der Waals surface area contributed by atoms with Crippen molar-refractivity contribution >= 4 is 34.6 Å². The molecule has 0 aliphatic heterocycles. The highest BCUT2D eigenvalue weighted by Crippen LogP contribution is 2.44. The molecule has 1 atom stereocenters. The van der Waals surface area contributed by atoms with Crippen molar-refractivity contribution < 1.29 is 19.1 Å². The fourth-order valence-electron chi connectivity index (χ4n) is 5.05. The zero-order chi connectivity index (χ0) is 28.3. The van der Waals surface area contributed by atoms with E-state index in [-0.39, 0.29) is 19.1 Å². The monoisotopic (exact) mass is 567 g/mol. The standard InChI is InChI=1S/C31H26ClN5O4/c1-19(33-31(39)41-18-27-25-11-5-3-9-23(25)24-10-4-6-12-26(24)27)30(38)40-17-22-16-37(36-35-22)15-21-14-20-8-2-7-13-28(20)34-29(21)32/h2-14,16,19,27H,15,17-18H2,1H3,(H,33,39). The molecule has 9 nitrogen and oxygen atoms in total. The summed E-state index contributed by atoms with van der Waals surface area (Å²) in [5.74, 6) is -0.687. The minimum Gasteiger partial charge on any atom is -0.458 e. The van der Waals surface area contributed by atoms with Crippen LogP contribution in [0.15, 0.2) is 85.1 Å². The van der Waals surface area contributed by atoms with Gasteiger partial charge in [-0.1, -0.05) is 83.5 Å². The number of ether oxygens (including phenoxy) is 2. The lowest BCUT2D eigenvalue weighted by molar-refractivity contribution is -0.147. The maximum Gasteiger partial charge on any atom is 0.407 e. The van der Waals surface area contributed by atoms with Crippen LogP contribution in [0.2, 0.25) is 5.15 Å². The van der Waals surface area contributed by atoms with Crippen LogP contribution >= 0.6 is 11.6 Å². The average molecular weight is 568 g/mol. The minimum absolute atomic E-state index is 0.0710. The molecule has 2 heterocycles. The van der Waals surface area contributed by atoms with Crippen LogP contribution in [0, 0.1) is 0 Å². The van der Waals surface area contributed by atoms with Gasteiger partial charge in [0.25, 0.3) is 0 Å². The molecule has 5 aromatic rings. The summed E-state index contributed by atoms with van der Waals surface area (Å²) in [6.07, 6.45) is 0.978. The first-order valence-electron chi connectivity index (χ1n) is 13.2. The van der Waals surface area contributed by atoms with Crippen molar-refractivity contribution in [3.63, 3.8) is 0 Å². The van der Waals surface area contributed by atoms with Gasteiger partial charge in [0.05, 0.1) is 18.3 Å². The first kappa shape index (κ1) is 26.5. The highest BCUT2D eigenvalue weighted by Gasteiger charge is 2.29. The number of carbonyl (C=O) groups is 2. The van der Waals surface area contributed by atoms with Gasteiger partial charge in [0.15, 0.2) is 0 Å². The number of benzene rings is 3. The Morgan fingerprint density at radius 3 is 2.41 bits per heavy atom. The number of amides is 1. The number of nitrogens with one attached hydrogen (secondary N) is 1. The molecular weight excluding hydrogens is 542 g/mol. The largest absolute Gasteiger partial charge is 0.458 e. The SMILES string of the molecule is CC(NC(=O)OCC1c2ccccc2-c2ccccc21)C(=O)OCc1cn(Cc2cc3ccccc3nc2Cl)nn1. The molecule has 41 heavy (non-hydrogen) atoms. The van der Waals surface area contributed by atoms with E-state index in [1.807, 2.05) is 66.7 Å². The van der Waals surface area contributed by atoms with Gasteiger partial charge in [0, 0.05) is 16.9 Å². The molecule has 0 radical (unpaired) electrons. The number of alkyl carbamates (subject to hydrolysis) is 1. The van der Waals surface area contributed by atoms with Crippen molar-refractivity contribution in [3.8, 4) is 11.1 Å². The van der Waals surface area contributed by atoms with Gasteiger partial charge in [-0.25, -0.2) is 19.3 Å². The molecule has 1 aliphatic rings. The van der Waals surface area contributed by atoms with E-state index >= 15 is 0 Å². The number of rotatable bonds is 8. The Bertz CT molecular complexity index is 1710. The van der Waals surface area contributed by atoms with Gasteiger partial charge >= 0.3 is 12.1 Å². The van der Waals surface area contributed by atoms with Gasteiger partial charge < -0.3 is 14.8 Å². The lowest BCUT2D eigenvalue weighted by Crippen LogP contribution is -2.40. The number of aromatic nitrogens is 4. The van der Waals surface area contributed by atoms with E-state index in [9.17, 15) is 9.59 Å². The normalized spacial score (nSPS) is 12.9. The summed E-state index contributed by atoms with van der Waals surface area (Å²) in [7, 11) is 0. The molecule has 0 saturated heterocycles. The van der Waals surface area contributed by atoms with Crippen LogP contribution < -0.4 is 5.32 Å². The Balaban J connectivity index is 0.997. The number of para-hydroxylation sites is 1. The summed E-state index contributed by atoms with van der Waals surface area (Å²) in [5.41, 5.74) is 6.57. The Kier molecular flexibility index (Phi) is 7.35. The van der Waals surface area contributed by atoms with Crippen LogP contribution in [-0.4, -0.2) is 44.7 Å². The predicted octanol–water partition coefficient (Wildman–Crippen LogP) is 5.50. The van der Waals surface area contributed by atoms with Crippen molar-refractivity contribution in [1.29, 1.82) is 0 Å². The van der Waals surface area contributed by atoms with E-state index in [0.29, 0.717) is 17.4 Å². The molecule has 2 aromatic heterocycles. The first-order chi connectivity index (χ1) is 20.0. The van der Waals surface area contributed by atoms with Crippen molar-refractivity contribution in [2.75, 3.05) is 6.61 Å². The van der Waals surface area contributed by atoms with Crippen LogP contribution in [0.25, 0.3) is 22.0 Å². The molecule has 1 N–H and O–H groups in total. The number of nitrogens with zero attached hydrogens (tertiary/aromatic N) is 4. The Morgan fingerprint density at radius 2 is 1.66 bits per heavy atom. The van der Waals surface area contributed by atoms with Crippen molar-refractivity contribution in [2.45, 2.75) is 32.0 Å². The molecule has 0 saturated carbocycles. The van der Waals surface area contributed by atoms with Gasteiger partial charge in [-0.2, -0.15) is 0 Å². The van der Waals surface area contributed by atoms with E-state index in [4.69, 9.17) is 21.1 Å². The van der Waals surface area contributed by atoms with Crippen LogP contribution in [0.5, 0.6) is 0 Å². The van der Waals surface area contributed by atoms with E-state index < -0.39 is 18.1 Å². The Hall–Kier alpha value is -4.76. The maximum atomic E-state index is 12.5. The number of pyridine rings is 1. The second-order valence-electron chi connectivity index (χ2n) is 9.84. The predicted molar refractivity (Wildman–Crippen MR) is 153 cm³/mol. The lowest BCUT2D eigenvalue weighted by Gasteiger charge is -2.16. The lowest BCUT2D eigenvalue weighted by atomic mass is 9.98. The zero-order valence-corrected chi connectivity index (χ0v) is 22.9. The number of halogens is 1. The van der Waals surface area contributed by atoms with Gasteiger partial charge in [-0.05, 0) is 41.3 Å². The van der Waals surface area contributed by atoms with E-state index in [0.717, 1.165) is 38.7 Å². The molecule has 1 aliphatic carbocycles. The fourth-order valence-corrected chi connectivity index (χ4v) is 5.25. The molecule has 0 spiro atoms. The third-order valence-corrected chi connectivity index (χ3v) is 7.39. The molecule has 0 fully saturated rings. The molecule has 10 heteroatoms. The number of hydrogen-bond donors (Lipinski definition) is 1. The number of esters is 1. The number of fused-ring (bicyclic) bond motifs is 4.